The van der Waals surface area contributed by atoms with Crippen LogP contribution in [-0.2, 0) is 18.9 Å². The molecule has 0 unspecified atom stereocenters. The van der Waals surface area contributed by atoms with Crippen molar-refractivity contribution in [3.8, 4) is 0 Å². The zero-order valence-corrected chi connectivity index (χ0v) is 9.45. The molecule has 0 saturated carbocycles. The summed E-state index contributed by atoms with van der Waals surface area (Å²) in [5, 5.41) is 0. The van der Waals surface area contributed by atoms with Gasteiger partial charge in [0.05, 0.1) is 19.8 Å². The van der Waals surface area contributed by atoms with Crippen LogP contribution in [0.2, 0.25) is 0 Å². The highest BCUT2D eigenvalue weighted by atomic mass is 16.7. The summed E-state index contributed by atoms with van der Waals surface area (Å²) in [5.41, 5.74) is 0. The van der Waals surface area contributed by atoms with E-state index in [9.17, 15) is 0 Å². The molecule has 0 rings (SSSR count). The second-order valence-corrected chi connectivity index (χ2v) is 2.61. The van der Waals surface area contributed by atoms with E-state index in [1.54, 1.807) is 0 Å². The summed E-state index contributed by atoms with van der Waals surface area (Å²) in [6.07, 6.45) is -0.244. The van der Waals surface area contributed by atoms with Gasteiger partial charge in [0.25, 0.3) is 0 Å². The maximum atomic E-state index is 5.33. The summed E-state index contributed by atoms with van der Waals surface area (Å²) in [7, 11) is 0. The predicted octanol–water partition coefficient (Wildman–Crippen LogP) is 1.44. The molecule has 0 bridgehead atoms. The Morgan fingerprint density at radius 2 is 1.36 bits per heavy atom. The Labute approximate surface area is 86.5 Å². The molecule has 0 aromatic carbocycles. The van der Waals surface area contributed by atoms with Crippen molar-refractivity contribution in [2.24, 2.45) is 0 Å². The van der Waals surface area contributed by atoms with Crippen LogP contribution in [0, 0.1) is 0 Å². The minimum absolute atomic E-state index is 0.244. The molecule has 86 valence electrons. The first-order valence-corrected chi connectivity index (χ1v) is 5.23. The third-order valence-corrected chi connectivity index (χ3v) is 1.54. The highest BCUT2D eigenvalue weighted by Crippen LogP contribution is 1.96. The van der Waals surface area contributed by atoms with Crippen molar-refractivity contribution < 1.29 is 18.9 Å². The van der Waals surface area contributed by atoms with Gasteiger partial charge < -0.3 is 18.9 Å². The lowest BCUT2D eigenvalue weighted by Crippen LogP contribution is -2.24. The van der Waals surface area contributed by atoms with Gasteiger partial charge in [0.2, 0.25) is 0 Å². The molecule has 0 spiro atoms. The van der Waals surface area contributed by atoms with E-state index in [-0.39, 0.29) is 6.29 Å². The van der Waals surface area contributed by atoms with E-state index >= 15 is 0 Å². The monoisotopic (exact) mass is 206 g/mol. The molecule has 4 nitrogen and oxygen atoms in total. The molecule has 0 aromatic heterocycles. The van der Waals surface area contributed by atoms with E-state index in [1.807, 2.05) is 20.8 Å². The molecule has 0 aliphatic heterocycles. The van der Waals surface area contributed by atoms with Crippen LogP contribution in [0.1, 0.15) is 20.8 Å². The van der Waals surface area contributed by atoms with Crippen molar-refractivity contribution in [3.05, 3.63) is 0 Å². The molecular formula is C10H22O4. The largest absolute Gasteiger partial charge is 0.379 e. The Kier molecular flexibility index (Phi) is 10.8. The van der Waals surface area contributed by atoms with Gasteiger partial charge in [0, 0.05) is 19.8 Å². The third kappa shape index (κ3) is 8.44. The maximum Gasteiger partial charge on any atom is 0.180 e. The van der Waals surface area contributed by atoms with Crippen LogP contribution >= 0.6 is 0 Å². The van der Waals surface area contributed by atoms with E-state index in [1.165, 1.54) is 0 Å². The fraction of sp³-hybridized carbons (Fsp3) is 1.00. The quantitative estimate of drug-likeness (QED) is 0.400. The van der Waals surface area contributed by atoms with Crippen LogP contribution in [-0.4, -0.2) is 45.9 Å². The topological polar surface area (TPSA) is 36.9 Å². The lowest BCUT2D eigenvalue weighted by molar-refractivity contribution is -0.169. The second kappa shape index (κ2) is 10.9. The van der Waals surface area contributed by atoms with Crippen molar-refractivity contribution >= 4 is 0 Å². The van der Waals surface area contributed by atoms with Crippen LogP contribution < -0.4 is 0 Å². The van der Waals surface area contributed by atoms with Gasteiger partial charge in [0.15, 0.2) is 6.29 Å². The van der Waals surface area contributed by atoms with Gasteiger partial charge >= 0.3 is 0 Å². The molecule has 0 amide bonds. The highest BCUT2D eigenvalue weighted by molar-refractivity contribution is 4.41. The molecule has 0 aromatic rings. The van der Waals surface area contributed by atoms with Crippen molar-refractivity contribution in [1.29, 1.82) is 0 Å². The van der Waals surface area contributed by atoms with Gasteiger partial charge in [-0.2, -0.15) is 0 Å². The van der Waals surface area contributed by atoms with Crippen LogP contribution in [0.15, 0.2) is 0 Å². The first-order valence-electron chi connectivity index (χ1n) is 5.23. The van der Waals surface area contributed by atoms with E-state index in [2.05, 4.69) is 0 Å². The van der Waals surface area contributed by atoms with Gasteiger partial charge in [-0.25, -0.2) is 0 Å². The zero-order chi connectivity index (χ0) is 10.6. The molecule has 0 aliphatic rings. The van der Waals surface area contributed by atoms with Gasteiger partial charge in [-0.3, -0.25) is 0 Å². The maximum absolute atomic E-state index is 5.33. The second-order valence-electron chi connectivity index (χ2n) is 2.61. The Balaban J connectivity index is 3.30. The summed E-state index contributed by atoms with van der Waals surface area (Å²) >= 11 is 0. The average Bonchev–Trinajstić information content (AvgIpc) is 2.18. The molecule has 0 saturated heterocycles. The standard InChI is InChI=1S/C10H22O4/c1-4-11-7-8-12-9-10(13-5-2)14-6-3/h10H,4-9H2,1-3H3. The molecule has 14 heavy (non-hydrogen) atoms. The smallest absolute Gasteiger partial charge is 0.180 e. The van der Waals surface area contributed by atoms with Crippen molar-refractivity contribution in [2.45, 2.75) is 27.1 Å². The van der Waals surface area contributed by atoms with Gasteiger partial charge in [-0.1, -0.05) is 0 Å². The van der Waals surface area contributed by atoms with Gasteiger partial charge in [-0.05, 0) is 20.8 Å². The van der Waals surface area contributed by atoms with E-state index in [0.717, 1.165) is 6.61 Å². The SMILES string of the molecule is CCOCCOCC(OCC)OCC. The zero-order valence-electron chi connectivity index (χ0n) is 9.45. The summed E-state index contributed by atoms with van der Waals surface area (Å²) in [6, 6.07) is 0. The summed E-state index contributed by atoms with van der Waals surface area (Å²) in [4.78, 5) is 0. The fourth-order valence-corrected chi connectivity index (χ4v) is 0.958. The Morgan fingerprint density at radius 1 is 0.786 bits per heavy atom. The van der Waals surface area contributed by atoms with Gasteiger partial charge in [0.1, 0.15) is 0 Å². The van der Waals surface area contributed by atoms with Crippen molar-refractivity contribution in [2.75, 3.05) is 39.6 Å². The lowest BCUT2D eigenvalue weighted by atomic mass is 10.6. The summed E-state index contributed by atoms with van der Waals surface area (Å²) in [6.45, 7) is 9.52. The Morgan fingerprint density at radius 3 is 1.86 bits per heavy atom. The number of hydrogen-bond acceptors (Lipinski definition) is 4. The molecular weight excluding hydrogens is 184 g/mol. The average molecular weight is 206 g/mol. The van der Waals surface area contributed by atoms with Crippen LogP contribution in [0.4, 0.5) is 0 Å². The number of hydrogen-bond donors (Lipinski definition) is 0. The third-order valence-electron chi connectivity index (χ3n) is 1.54. The van der Waals surface area contributed by atoms with Crippen molar-refractivity contribution in [3.63, 3.8) is 0 Å². The minimum atomic E-state index is -0.244. The molecule has 0 radical (unpaired) electrons. The summed E-state index contributed by atoms with van der Waals surface area (Å²) in [5.74, 6) is 0. The van der Waals surface area contributed by atoms with E-state index < -0.39 is 0 Å². The molecule has 0 fully saturated rings. The number of ether oxygens (including phenoxy) is 4. The Hall–Kier alpha value is -0.160. The van der Waals surface area contributed by atoms with E-state index in [0.29, 0.717) is 33.0 Å². The highest BCUT2D eigenvalue weighted by Gasteiger charge is 2.06. The van der Waals surface area contributed by atoms with Gasteiger partial charge in [-0.15, -0.1) is 0 Å². The van der Waals surface area contributed by atoms with Crippen molar-refractivity contribution in [1.82, 2.24) is 0 Å². The fourth-order valence-electron chi connectivity index (χ4n) is 0.958. The minimum Gasteiger partial charge on any atom is -0.379 e. The molecule has 0 atom stereocenters. The Bertz CT molecular complexity index is 102. The number of rotatable bonds is 10. The predicted molar refractivity (Wildman–Crippen MR) is 54.4 cm³/mol. The summed E-state index contributed by atoms with van der Waals surface area (Å²) < 4.78 is 21.1. The van der Waals surface area contributed by atoms with Crippen LogP contribution in [0.25, 0.3) is 0 Å². The van der Waals surface area contributed by atoms with Crippen LogP contribution in [0.3, 0.4) is 0 Å². The first kappa shape index (κ1) is 13.8. The molecule has 0 heterocycles. The molecule has 0 aliphatic carbocycles. The lowest BCUT2D eigenvalue weighted by Gasteiger charge is -2.16. The van der Waals surface area contributed by atoms with E-state index in [4.69, 9.17) is 18.9 Å². The molecule has 0 N–H and O–H groups in total. The molecule has 4 heteroatoms. The van der Waals surface area contributed by atoms with Crippen LogP contribution in [0.5, 0.6) is 0 Å². The normalized spacial score (nSPS) is 11.1. The first-order chi connectivity index (χ1) is 6.85.